The zero-order valence-electron chi connectivity index (χ0n) is 12.8. The average Bonchev–Trinajstić information content (AvgIpc) is 2.96. The van der Waals surface area contributed by atoms with Crippen LogP contribution in [0.2, 0.25) is 15.1 Å². The Morgan fingerprint density at radius 1 is 1.00 bits per heavy atom. The number of hydrogen-bond donors (Lipinski definition) is 0. The van der Waals surface area contributed by atoms with Gasteiger partial charge in [0.2, 0.25) is 0 Å². The maximum Gasteiger partial charge on any atom is 0.188 e. The van der Waals surface area contributed by atoms with E-state index in [1.807, 2.05) is 25.3 Å². The fourth-order valence-electron chi connectivity index (χ4n) is 2.11. The standard InChI is InChI=1S/C16H12Cl3N3S2/c1-8-3-9(2)21-16(20-8)24-7-11-6-23-15(22-11)12-4-10(17)5-13(18)14(12)19/h3-6H,7H2,1-2H3. The summed E-state index contributed by atoms with van der Waals surface area (Å²) in [5, 5.41) is 4.97. The number of thioether (sulfide) groups is 1. The van der Waals surface area contributed by atoms with Crippen molar-refractivity contribution in [2.45, 2.75) is 24.8 Å². The number of aryl methyl sites for hydroxylation is 2. The molecule has 0 radical (unpaired) electrons. The van der Waals surface area contributed by atoms with Crippen LogP contribution in [0.5, 0.6) is 0 Å². The van der Waals surface area contributed by atoms with Gasteiger partial charge in [0.05, 0.1) is 15.7 Å². The number of benzene rings is 1. The average molecular weight is 417 g/mol. The van der Waals surface area contributed by atoms with E-state index in [4.69, 9.17) is 34.8 Å². The van der Waals surface area contributed by atoms with E-state index in [0.29, 0.717) is 20.8 Å². The van der Waals surface area contributed by atoms with Crippen molar-refractivity contribution in [3.05, 3.63) is 55.7 Å². The minimum atomic E-state index is 0.425. The molecule has 24 heavy (non-hydrogen) atoms. The number of halogens is 3. The molecular weight excluding hydrogens is 405 g/mol. The van der Waals surface area contributed by atoms with Crippen LogP contribution in [0.3, 0.4) is 0 Å². The number of thiazole rings is 1. The minimum absolute atomic E-state index is 0.425. The lowest BCUT2D eigenvalue weighted by Gasteiger charge is -2.04. The fourth-order valence-corrected chi connectivity index (χ4v) is 4.64. The molecular formula is C16H12Cl3N3S2. The summed E-state index contributed by atoms with van der Waals surface area (Å²) in [7, 11) is 0. The molecule has 2 heterocycles. The van der Waals surface area contributed by atoms with Crippen LogP contribution in [0.15, 0.2) is 28.7 Å². The molecule has 3 nitrogen and oxygen atoms in total. The predicted octanol–water partition coefficient (Wildman–Crippen LogP) is 6.47. The van der Waals surface area contributed by atoms with E-state index in [-0.39, 0.29) is 0 Å². The Balaban J connectivity index is 1.79. The summed E-state index contributed by atoms with van der Waals surface area (Å²) in [5.74, 6) is 0.686. The van der Waals surface area contributed by atoms with Crippen LogP contribution in [0.25, 0.3) is 10.6 Å². The van der Waals surface area contributed by atoms with Gasteiger partial charge in [-0.25, -0.2) is 15.0 Å². The topological polar surface area (TPSA) is 38.7 Å². The molecule has 2 aromatic heterocycles. The fraction of sp³-hybridized carbons (Fsp3) is 0.188. The summed E-state index contributed by atoms with van der Waals surface area (Å²) in [6.07, 6.45) is 0. The van der Waals surface area contributed by atoms with E-state index in [2.05, 4.69) is 15.0 Å². The highest BCUT2D eigenvalue weighted by molar-refractivity contribution is 7.98. The third kappa shape index (κ3) is 4.21. The van der Waals surface area contributed by atoms with Crippen molar-refractivity contribution in [3.8, 4) is 10.6 Å². The third-order valence-corrected chi connectivity index (χ3v) is 5.91. The first-order valence-electron chi connectivity index (χ1n) is 6.97. The Morgan fingerprint density at radius 2 is 1.71 bits per heavy atom. The normalized spacial score (nSPS) is 11.0. The second kappa shape index (κ2) is 7.58. The van der Waals surface area contributed by atoms with E-state index in [0.717, 1.165) is 32.8 Å². The summed E-state index contributed by atoms with van der Waals surface area (Å²) in [6, 6.07) is 5.35. The highest BCUT2D eigenvalue weighted by atomic mass is 35.5. The van der Waals surface area contributed by atoms with Crippen molar-refractivity contribution in [2.75, 3.05) is 0 Å². The molecule has 0 saturated carbocycles. The summed E-state index contributed by atoms with van der Waals surface area (Å²) < 4.78 is 0. The Morgan fingerprint density at radius 3 is 2.42 bits per heavy atom. The minimum Gasteiger partial charge on any atom is -0.240 e. The van der Waals surface area contributed by atoms with Crippen molar-refractivity contribution in [1.82, 2.24) is 15.0 Å². The molecule has 0 unspecified atom stereocenters. The van der Waals surface area contributed by atoms with Crippen molar-refractivity contribution in [2.24, 2.45) is 0 Å². The largest absolute Gasteiger partial charge is 0.240 e. The van der Waals surface area contributed by atoms with Gasteiger partial charge in [0.15, 0.2) is 5.16 Å². The number of rotatable bonds is 4. The second-order valence-electron chi connectivity index (χ2n) is 5.12. The second-order valence-corrected chi connectivity index (χ2v) is 8.14. The van der Waals surface area contributed by atoms with Crippen LogP contribution in [0.4, 0.5) is 0 Å². The van der Waals surface area contributed by atoms with Gasteiger partial charge in [-0.2, -0.15) is 0 Å². The first-order valence-corrected chi connectivity index (χ1v) is 9.96. The lowest BCUT2D eigenvalue weighted by Crippen LogP contribution is -1.93. The van der Waals surface area contributed by atoms with Crippen LogP contribution in [0, 0.1) is 13.8 Å². The lowest BCUT2D eigenvalue weighted by atomic mass is 10.2. The molecule has 0 bridgehead atoms. The zero-order valence-corrected chi connectivity index (χ0v) is 16.7. The van der Waals surface area contributed by atoms with E-state index in [9.17, 15) is 0 Å². The Hall–Kier alpha value is -0.850. The summed E-state index contributed by atoms with van der Waals surface area (Å²) >= 11 is 21.5. The van der Waals surface area contributed by atoms with E-state index in [1.54, 1.807) is 23.9 Å². The molecule has 8 heteroatoms. The Bertz CT molecular complexity index is 876. The zero-order chi connectivity index (χ0) is 17.3. The van der Waals surface area contributed by atoms with Gasteiger partial charge in [-0.1, -0.05) is 46.6 Å². The molecule has 0 aliphatic rings. The van der Waals surface area contributed by atoms with Crippen LogP contribution in [-0.4, -0.2) is 15.0 Å². The quantitative estimate of drug-likeness (QED) is 0.277. The predicted molar refractivity (Wildman–Crippen MR) is 104 cm³/mol. The number of aromatic nitrogens is 3. The first kappa shape index (κ1) is 18.0. The lowest BCUT2D eigenvalue weighted by molar-refractivity contribution is 0.901. The highest BCUT2D eigenvalue weighted by Gasteiger charge is 2.13. The third-order valence-electron chi connectivity index (χ3n) is 3.09. The molecule has 0 aliphatic heterocycles. The van der Waals surface area contributed by atoms with Gasteiger partial charge < -0.3 is 0 Å². The van der Waals surface area contributed by atoms with Crippen LogP contribution < -0.4 is 0 Å². The van der Waals surface area contributed by atoms with Gasteiger partial charge in [0, 0.05) is 33.1 Å². The van der Waals surface area contributed by atoms with Crippen LogP contribution in [-0.2, 0) is 5.75 Å². The van der Waals surface area contributed by atoms with Gasteiger partial charge in [0.1, 0.15) is 5.01 Å². The van der Waals surface area contributed by atoms with E-state index in [1.165, 1.54) is 11.3 Å². The SMILES string of the molecule is Cc1cc(C)nc(SCc2csc(-c3cc(Cl)cc(Cl)c3Cl)n2)n1. The van der Waals surface area contributed by atoms with Crippen LogP contribution >= 0.6 is 57.9 Å². The van der Waals surface area contributed by atoms with E-state index >= 15 is 0 Å². The molecule has 0 N–H and O–H groups in total. The molecule has 0 fully saturated rings. The molecule has 0 spiro atoms. The molecule has 0 saturated heterocycles. The molecule has 3 aromatic rings. The number of hydrogen-bond acceptors (Lipinski definition) is 5. The molecule has 124 valence electrons. The van der Waals surface area contributed by atoms with Crippen molar-refractivity contribution in [3.63, 3.8) is 0 Å². The van der Waals surface area contributed by atoms with Gasteiger partial charge >= 0.3 is 0 Å². The summed E-state index contributed by atoms with van der Waals surface area (Å²) in [6.45, 7) is 3.93. The molecule has 0 amide bonds. The number of nitrogens with zero attached hydrogens (tertiary/aromatic N) is 3. The Labute approximate surface area is 163 Å². The van der Waals surface area contributed by atoms with Gasteiger partial charge in [-0.05, 0) is 32.0 Å². The molecule has 0 atom stereocenters. The summed E-state index contributed by atoms with van der Waals surface area (Å²) in [5.41, 5.74) is 3.61. The summed E-state index contributed by atoms with van der Waals surface area (Å²) in [4.78, 5) is 13.5. The van der Waals surface area contributed by atoms with Crippen molar-refractivity contribution in [1.29, 1.82) is 0 Å². The molecule has 0 aliphatic carbocycles. The van der Waals surface area contributed by atoms with Crippen molar-refractivity contribution >= 4 is 57.9 Å². The first-order chi connectivity index (χ1) is 11.4. The van der Waals surface area contributed by atoms with Crippen molar-refractivity contribution < 1.29 is 0 Å². The van der Waals surface area contributed by atoms with E-state index < -0.39 is 0 Å². The maximum atomic E-state index is 6.27. The van der Waals surface area contributed by atoms with Gasteiger partial charge in [-0.3, -0.25) is 0 Å². The van der Waals surface area contributed by atoms with Crippen LogP contribution in [0.1, 0.15) is 17.1 Å². The maximum absolute atomic E-state index is 6.27. The van der Waals surface area contributed by atoms with Gasteiger partial charge in [0.25, 0.3) is 0 Å². The molecule has 1 aromatic carbocycles. The monoisotopic (exact) mass is 415 g/mol. The van der Waals surface area contributed by atoms with Gasteiger partial charge in [-0.15, -0.1) is 11.3 Å². The molecule has 3 rings (SSSR count). The highest BCUT2D eigenvalue weighted by Crippen LogP contribution is 2.38. The smallest absolute Gasteiger partial charge is 0.188 e. The Kier molecular flexibility index (Phi) is 5.67.